The van der Waals surface area contributed by atoms with E-state index in [-0.39, 0.29) is 17.5 Å². The third kappa shape index (κ3) is 3.13. The van der Waals surface area contributed by atoms with Crippen molar-refractivity contribution in [2.24, 2.45) is 0 Å². The van der Waals surface area contributed by atoms with E-state index in [0.29, 0.717) is 0 Å². The van der Waals surface area contributed by atoms with Gasteiger partial charge in [0.25, 0.3) is 0 Å². The molecule has 1 fully saturated rings. The maximum Gasteiger partial charge on any atom is 0.240 e. The standard InChI is InChI=1S/C15H23N3O/c1-3-7-15(8-5-10-17-15)14(19)18-12(2)13-6-4-9-16-11-13/h4,6,9,11-12,17H,3,5,7-8,10H2,1-2H3,(H,18,19)/t12-,15?/m0/s1. The summed E-state index contributed by atoms with van der Waals surface area (Å²) in [7, 11) is 0. The highest BCUT2D eigenvalue weighted by molar-refractivity contribution is 5.87. The molecule has 1 aliphatic rings. The maximum absolute atomic E-state index is 12.5. The smallest absolute Gasteiger partial charge is 0.240 e. The van der Waals surface area contributed by atoms with Gasteiger partial charge in [0.1, 0.15) is 0 Å². The molecule has 1 aliphatic heterocycles. The van der Waals surface area contributed by atoms with Crippen LogP contribution in [0.3, 0.4) is 0 Å². The van der Waals surface area contributed by atoms with E-state index in [0.717, 1.165) is 37.8 Å². The second-order valence-corrected chi connectivity index (χ2v) is 5.34. The Morgan fingerprint density at radius 1 is 1.63 bits per heavy atom. The number of nitrogens with one attached hydrogen (secondary N) is 2. The Labute approximate surface area is 115 Å². The Bertz CT molecular complexity index is 413. The van der Waals surface area contributed by atoms with Crippen molar-refractivity contribution >= 4 is 5.91 Å². The molecule has 2 rings (SSSR count). The summed E-state index contributed by atoms with van der Waals surface area (Å²) in [5.41, 5.74) is 0.686. The van der Waals surface area contributed by atoms with E-state index >= 15 is 0 Å². The van der Waals surface area contributed by atoms with Gasteiger partial charge >= 0.3 is 0 Å². The fraction of sp³-hybridized carbons (Fsp3) is 0.600. The average Bonchev–Trinajstić information content (AvgIpc) is 2.90. The second kappa shape index (κ2) is 6.15. The molecule has 104 valence electrons. The van der Waals surface area contributed by atoms with Gasteiger partial charge in [-0.2, -0.15) is 0 Å². The van der Waals surface area contributed by atoms with Crippen LogP contribution in [0, 0.1) is 0 Å². The lowest BCUT2D eigenvalue weighted by atomic mass is 9.90. The number of hydrogen-bond acceptors (Lipinski definition) is 3. The molecule has 2 N–H and O–H groups in total. The zero-order valence-electron chi connectivity index (χ0n) is 11.8. The molecule has 0 saturated carbocycles. The summed E-state index contributed by atoms with van der Waals surface area (Å²) in [4.78, 5) is 16.6. The van der Waals surface area contributed by atoms with Crippen LogP contribution in [0.1, 0.15) is 51.1 Å². The van der Waals surface area contributed by atoms with Crippen LogP contribution in [0.2, 0.25) is 0 Å². The van der Waals surface area contributed by atoms with Crippen molar-refractivity contribution in [3.8, 4) is 0 Å². The van der Waals surface area contributed by atoms with Crippen LogP contribution in [0.15, 0.2) is 24.5 Å². The Hall–Kier alpha value is -1.42. The number of carbonyl (C=O) groups excluding carboxylic acids is 1. The molecule has 2 heterocycles. The Kier molecular flexibility index (Phi) is 4.53. The molecule has 1 saturated heterocycles. The molecule has 1 aromatic rings. The van der Waals surface area contributed by atoms with Crippen molar-refractivity contribution in [1.82, 2.24) is 15.6 Å². The van der Waals surface area contributed by atoms with E-state index < -0.39 is 0 Å². The number of pyridine rings is 1. The van der Waals surface area contributed by atoms with Gasteiger partial charge in [-0.1, -0.05) is 19.4 Å². The lowest BCUT2D eigenvalue weighted by Crippen LogP contribution is -2.53. The van der Waals surface area contributed by atoms with E-state index in [1.54, 1.807) is 12.4 Å². The Balaban J connectivity index is 2.03. The number of hydrogen-bond donors (Lipinski definition) is 2. The second-order valence-electron chi connectivity index (χ2n) is 5.34. The van der Waals surface area contributed by atoms with Crippen LogP contribution in [0.4, 0.5) is 0 Å². The molecular weight excluding hydrogens is 238 g/mol. The van der Waals surface area contributed by atoms with Gasteiger partial charge in [-0.25, -0.2) is 0 Å². The highest BCUT2D eigenvalue weighted by Gasteiger charge is 2.40. The van der Waals surface area contributed by atoms with Crippen LogP contribution < -0.4 is 10.6 Å². The normalized spacial score (nSPS) is 24.1. The van der Waals surface area contributed by atoms with Crippen LogP contribution in [-0.2, 0) is 4.79 Å². The predicted octanol–water partition coefficient (Wildman–Crippen LogP) is 2.18. The third-order valence-electron chi connectivity index (χ3n) is 3.89. The van der Waals surface area contributed by atoms with Crippen LogP contribution in [-0.4, -0.2) is 23.0 Å². The largest absolute Gasteiger partial charge is 0.348 e. The number of nitrogens with zero attached hydrogens (tertiary/aromatic N) is 1. The van der Waals surface area contributed by atoms with Gasteiger partial charge in [-0.3, -0.25) is 9.78 Å². The lowest BCUT2D eigenvalue weighted by molar-refractivity contribution is -0.128. The number of amides is 1. The van der Waals surface area contributed by atoms with E-state index in [9.17, 15) is 4.79 Å². The van der Waals surface area contributed by atoms with Gasteiger partial charge in [0, 0.05) is 12.4 Å². The SMILES string of the molecule is CCCC1(C(=O)N[C@@H](C)c2cccnc2)CCCN1. The predicted molar refractivity (Wildman–Crippen MR) is 75.7 cm³/mol. The summed E-state index contributed by atoms with van der Waals surface area (Å²) in [6, 6.07) is 3.89. The molecule has 0 aromatic carbocycles. The van der Waals surface area contributed by atoms with Crippen molar-refractivity contribution < 1.29 is 4.79 Å². The minimum atomic E-state index is -0.356. The molecular formula is C15H23N3O. The highest BCUT2D eigenvalue weighted by Crippen LogP contribution is 2.26. The van der Waals surface area contributed by atoms with E-state index in [2.05, 4.69) is 22.5 Å². The van der Waals surface area contributed by atoms with Crippen molar-refractivity contribution in [1.29, 1.82) is 0 Å². The fourth-order valence-corrected chi connectivity index (χ4v) is 2.80. The maximum atomic E-state index is 12.5. The average molecular weight is 261 g/mol. The summed E-state index contributed by atoms with van der Waals surface area (Å²) in [5.74, 6) is 0.128. The summed E-state index contributed by atoms with van der Waals surface area (Å²) in [6.45, 7) is 5.07. The first-order chi connectivity index (χ1) is 9.18. The van der Waals surface area contributed by atoms with Crippen molar-refractivity contribution in [2.45, 2.75) is 51.1 Å². The molecule has 0 bridgehead atoms. The Morgan fingerprint density at radius 2 is 2.47 bits per heavy atom. The van der Waals surface area contributed by atoms with Crippen molar-refractivity contribution in [3.05, 3.63) is 30.1 Å². The van der Waals surface area contributed by atoms with E-state index in [4.69, 9.17) is 0 Å². The lowest BCUT2D eigenvalue weighted by Gasteiger charge is -2.29. The quantitative estimate of drug-likeness (QED) is 0.854. The third-order valence-corrected chi connectivity index (χ3v) is 3.89. The van der Waals surface area contributed by atoms with E-state index in [1.807, 2.05) is 19.1 Å². The monoisotopic (exact) mass is 261 g/mol. The van der Waals surface area contributed by atoms with Crippen molar-refractivity contribution in [2.75, 3.05) is 6.54 Å². The molecule has 19 heavy (non-hydrogen) atoms. The number of carbonyl (C=O) groups is 1. The molecule has 1 amide bonds. The fourth-order valence-electron chi connectivity index (χ4n) is 2.80. The minimum absolute atomic E-state index is 0.00247. The van der Waals surface area contributed by atoms with Gasteiger partial charge in [0.15, 0.2) is 0 Å². The summed E-state index contributed by atoms with van der Waals surface area (Å²) in [6.07, 6.45) is 7.48. The molecule has 1 aromatic heterocycles. The van der Waals surface area contributed by atoms with E-state index in [1.165, 1.54) is 0 Å². The number of rotatable bonds is 5. The van der Waals surface area contributed by atoms with Crippen molar-refractivity contribution in [3.63, 3.8) is 0 Å². The van der Waals surface area contributed by atoms with Crippen LogP contribution in [0.5, 0.6) is 0 Å². The van der Waals surface area contributed by atoms with Gasteiger partial charge in [-0.15, -0.1) is 0 Å². The molecule has 0 spiro atoms. The molecule has 4 nitrogen and oxygen atoms in total. The molecule has 1 unspecified atom stereocenters. The minimum Gasteiger partial charge on any atom is -0.348 e. The molecule has 2 atom stereocenters. The number of aromatic nitrogens is 1. The van der Waals surface area contributed by atoms with Gasteiger partial charge in [0.05, 0.1) is 11.6 Å². The molecule has 0 aliphatic carbocycles. The van der Waals surface area contributed by atoms with Gasteiger partial charge < -0.3 is 10.6 Å². The summed E-state index contributed by atoms with van der Waals surface area (Å²) in [5, 5.41) is 6.52. The van der Waals surface area contributed by atoms with Crippen LogP contribution in [0.25, 0.3) is 0 Å². The summed E-state index contributed by atoms with van der Waals surface area (Å²) < 4.78 is 0. The Morgan fingerprint density at radius 3 is 3.05 bits per heavy atom. The topological polar surface area (TPSA) is 54.0 Å². The molecule has 4 heteroatoms. The zero-order chi connectivity index (χ0) is 13.7. The molecule has 0 radical (unpaired) electrons. The van der Waals surface area contributed by atoms with Crippen LogP contribution >= 0.6 is 0 Å². The summed E-state index contributed by atoms with van der Waals surface area (Å²) >= 11 is 0. The first-order valence-electron chi connectivity index (χ1n) is 7.14. The highest BCUT2D eigenvalue weighted by atomic mass is 16.2. The first-order valence-corrected chi connectivity index (χ1v) is 7.14. The first kappa shape index (κ1) is 14.0. The van der Waals surface area contributed by atoms with Gasteiger partial charge in [-0.05, 0) is 44.4 Å². The van der Waals surface area contributed by atoms with Gasteiger partial charge in [0.2, 0.25) is 5.91 Å². The zero-order valence-corrected chi connectivity index (χ0v) is 11.8.